The Labute approximate surface area is 133 Å². The highest BCUT2D eigenvalue weighted by atomic mass is 16.4. The van der Waals surface area contributed by atoms with Gasteiger partial charge in [0.2, 0.25) is 0 Å². The summed E-state index contributed by atoms with van der Waals surface area (Å²) < 4.78 is 1.71. The molecule has 3 aromatic rings. The number of benzene rings is 2. The second-order valence-corrected chi connectivity index (χ2v) is 5.11. The quantitative estimate of drug-likeness (QED) is 0.730. The van der Waals surface area contributed by atoms with Crippen LogP contribution in [0, 0.1) is 0 Å². The van der Waals surface area contributed by atoms with Gasteiger partial charge in [0.15, 0.2) is 0 Å². The fourth-order valence-corrected chi connectivity index (χ4v) is 2.22. The lowest BCUT2D eigenvalue weighted by Crippen LogP contribution is -2.12. The van der Waals surface area contributed by atoms with Crippen LogP contribution in [0.25, 0.3) is 5.69 Å². The first-order valence-corrected chi connectivity index (χ1v) is 7.19. The topological polar surface area (TPSA) is 80.0 Å². The second kappa shape index (κ2) is 6.85. The minimum absolute atomic E-state index is 0.303. The average Bonchev–Trinajstić information content (AvgIpc) is 3.10. The number of nitrogens with one attached hydrogen (secondary N) is 1. The van der Waals surface area contributed by atoms with E-state index in [2.05, 4.69) is 15.4 Å². The molecule has 2 aromatic carbocycles. The van der Waals surface area contributed by atoms with Crippen molar-refractivity contribution < 1.29 is 9.90 Å². The molecule has 0 aliphatic rings. The van der Waals surface area contributed by atoms with Gasteiger partial charge in [0.1, 0.15) is 12.7 Å². The largest absolute Gasteiger partial charge is 0.478 e. The Kier molecular flexibility index (Phi) is 4.44. The number of nitrogens with zero attached hydrogens (tertiary/aromatic N) is 3. The van der Waals surface area contributed by atoms with Crippen molar-refractivity contribution in [2.45, 2.75) is 13.1 Å². The summed E-state index contributed by atoms with van der Waals surface area (Å²) in [6.07, 6.45) is 3.17. The van der Waals surface area contributed by atoms with Gasteiger partial charge in [-0.2, -0.15) is 5.10 Å². The highest BCUT2D eigenvalue weighted by Gasteiger charge is 2.02. The van der Waals surface area contributed by atoms with Gasteiger partial charge in [-0.25, -0.2) is 14.5 Å². The summed E-state index contributed by atoms with van der Waals surface area (Å²) in [5.41, 5.74) is 3.48. The summed E-state index contributed by atoms with van der Waals surface area (Å²) in [7, 11) is 0. The van der Waals surface area contributed by atoms with Crippen LogP contribution in [0.4, 0.5) is 0 Å². The van der Waals surface area contributed by atoms with E-state index in [-0.39, 0.29) is 0 Å². The number of rotatable bonds is 6. The predicted octanol–water partition coefficient (Wildman–Crippen LogP) is 2.26. The van der Waals surface area contributed by atoms with E-state index in [4.69, 9.17) is 5.11 Å². The number of aromatic nitrogens is 3. The van der Waals surface area contributed by atoms with Gasteiger partial charge in [0.05, 0.1) is 11.3 Å². The molecule has 1 heterocycles. The van der Waals surface area contributed by atoms with Crippen LogP contribution in [0.3, 0.4) is 0 Å². The zero-order valence-corrected chi connectivity index (χ0v) is 12.4. The van der Waals surface area contributed by atoms with Crippen molar-refractivity contribution in [3.8, 4) is 5.69 Å². The molecule has 0 fully saturated rings. The van der Waals surface area contributed by atoms with Crippen LogP contribution in [0.2, 0.25) is 0 Å². The predicted molar refractivity (Wildman–Crippen MR) is 85.3 cm³/mol. The van der Waals surface area contributed by atoms with Gasteiger partial charge in [0.25, 0.3) is 0 Å². The first kappa shape index (κ1) is 14.9. The molecule has 0 saturated heterocycles. The maximum Gasteiger partial charge on any atom is 0.335 e. The lowest BCUT2D eigenvalue weighted by molar-refractivity contribution is 0.0697. The molecule has 0 saturated carbocycles. The summed E-state index contributed by atoms with van der Waals surface area (Å²) in [5, 5.41) is 16.3. The van der Waals surface area contributed by atoms with Crippen LogP contribution < -0.4 is 5.32 Å². The van der Waals surface area contributed by atoms with Crippen LogP contribution in [0.1, 0.15) is 21.5 Å². The Hall–Kier alpha value is -2.99. The van der Waals surface area contributed by atoms with Gasteiger partial charge < -0.3 is 10.4 Å². The monoisotopic (exact) mass is 308 g/mol. The van der Waals surface area contributed by atoms with E-state index >= 15 is 0 Å². The van der Waals surface area contributed by atoms with E-state index in [1.807, 2.05) is 36.4 Å². The van der Waals surface area contributed by atoms with E-state index in [9.17, 15) is 4.79 Å². The second-order valence-electron chi connectivity index (χ2n) is 5.11. The lowest BCUT2D eigenvalue weighted by Gasteiger charge is -2.07. The maximum atomic E-state index is 10.8. The summed E-state index contributed by atoms with van der Waals surface area (Å²) >= 11 is 0. The minimum Gasteiger partial charge on any atom is -0.478 e. The third kappa shape index (κ3) is 3.81. The average molecular weight is 308 g/mol. The molecule has 1 aromatic heterocycles. The standard InChI is InChI=1S/C17H16N4O2/c22-17(23)15-5-1-13(2-6-15)9-18-10-14-3-7-16(8-4-14)21-12-19-11-20-21/h1-8,11-12,18H,9-10H2,(H,22,23). The number of carboxylic acid groups (broad SMARTS) is 1. The molecular formula is C17H16N4O2. The Morgan fingerprint density at radius 1 is 1.00 bits per heavy atom. The highest BCUT2D eigenvalue weighted by molar-refractivity contribution is 5.87. The van der Waals surface area contributed by atoms with Crippen molar-refractivity contribution in [1.29, 1.82) is 0 Å². The SMILES string of the molecule is O=C(O)c1ccc(CNCc2ccc(-n3cncn3)cc2)cc1. The van der Waals surface area contributed by atoms with E-state index < -0.39 is 5.97 Å². The van der Waals surface area contributed by atoms with Crippen molar-refractivity contribution in [3.63, 3.8) is 0 Å². The van der Waals surface area contributed by atoms with Crippen molar-refractivity contribution >= 4 is 5.97 Å². The Morgan fingerprint density at radius 2 is 1.61 bits per heavy atom. The molecule has 2 N–H and O–H groups in total. The van der Waals surface area contributed by atoms with Gasteiger partial charge in [-0.15, -0.1) is 0 Å². The van der Waals surface area contributed by atoms with Crippen molar-refractivity contribution in [2.75, 3.05) is 0 Å². The number of hydrogen-bond donors (Lipinski definition) is 2. The van der Waals surface area contributed by atoms with Crippen molar-refractivity contribution in [2.24, 2.45) is 0 Å². The summed E-state index contributed by atoms with van der Waals surface area (Å²) in [4.78, 5) is 14.7. The normalized spacial score (nSPS) is 10.6. The summed E-state index contributed by atoms with van der Waals surface area (Å²) in [5.74, 6) is -0.906. The number of aromatic carboxylic acids is 1. The van der Waals surface area contributed by atoms with Gasteiger partial charge in [-0.05, 0) is 35.4 Å². The molecule has 0 amide bonds. The van der Waals surface area contributed by atoms with Crippen molar-refractivity contribution in [1.82, 2.24) is 20.1 Å². The first-order chi connectivity index (χ1) is 11.2. The number of carboxylic acids is 1. The molecule has 116 valence electrons. The zero-order chi connectivity index (χ0) is 16.1. The Morgan fingerprint density at radius 3 is 2.13 bits per heavy atom. The van der Waals surface area contributed by atoms with Crippen LogP contribution in [-0.2, 0) is 13.1 Å². The van der Waals surface area contributed by atoms with Gasteiger partial charge in [-0.3, -0.25) is 0 Å². The minimum atomic E-state index is -0.906. The van der Waals surface area contributed by atoms with E-state index in [0.29, 0.717) is 12.1 Å². The molecule has 0 aliphatic heterocycles. The van der Waals surface area contributed by atoms with E-state index in [1.54, 1.807) is 23.1 Å². The maximum absolute atomic E-state index is 10.8. The van der Waals surface area contributed by atoms with Crippen LogP contribution >= 0.6 is 0 Å². The molecular weight excluding hydrogens is 292 g/mol. The van der Waals surface area contributed by atoms with Crippen LogP contribution in [0.5, 0.6) is 0 Å². The molecule has 6 nitrogen and oxygen atoms in total. The first-order valence-electron chi connectivity index (χ1n) is 7.19. The van der Waals surface area contributed by atoms with E-state index in [1.165, 1.54) is 6.33 Å². The fraction of sp³-hybridized carbons (Fsp3) is 0.118. The molecule has 0 unspecified atom stereocenters. The molecule has 3 rings (SSSR count). The molecule has 0 atom stereocenters. The van der Waals surface area contributed by atoms with E-state index in [0.717, 1.165) is 23.4 Å². The third-order valence-corrected chi connectivity index (χ3v) is 3.48. The Balaban J connectivity index is 1.53. The van der Waals surface area contributed by atoms with Gasteiger partial charge >= 0.3 is 5.97 Å². The molecule has 23 heavy (non-hydrogen) atoms. The van der Waals surface area contributed by atoms with Gasteiger partial charge in [0, 0.05) is 13.1 Å². The molecule has 0 aliphatic carbocycles. The Bertz CT molecular complexity index is 765. The lowest BCUT2D eigenvalue weighted by atomic mass is 10.1. The molecule has 0 bridgehead atoms. The molecule has 0 spiro atoms. The fourth-order valence-electron chi connectivity index (χ4n) is 2.22. The van der Waals surface area contributed by atoms with Crippen molar-refractivity contribution in [3.05, 3.63) is 77.9 Å². The van der Waals surface area contributed by atoms with Gasteiger partial charge in [-0.1, -0.05) is 24.3 Å². The molecule has 0 radical (unpaired) electrons. The summed E-state index contributed by atoms with van der Waals surface area (Å²) in [6.45, 7) is 1.42. The van der Waals surface area contributed by atoms with Crippen LogP contribution in [-0.4, -0.2) is 25.8 Å². The molecule has 6 heteroatoms. The number of hydrogen-bond acceptors (Lipinski definition) is 4. The smallest absolute Gasteiger partial charge is 0.335 e. The highest BCUT2D eigenvalue weighted by Crippen LogP contribution is 2.09. The summed E-state index contributed by atoms with van der Waals surface area (Å²) in [6, 6.07) is 14.9. The number of carbonyl (C=O) groups is 1. The third-order valence-electron chi connectivity index (χ3n) is 3.48. The van der Waals surface area contributed by atoms with Crippen LogP contribution in [0.15, 0.2) is 61.2 Å². The zero-order valence-electron chi connectivity index (χ0n) is 12.4.